The van der Waals surface area contributed by atoms with Gasteiger partial charge in [-0.1, -0.05) is 12.1 Å². The molecule has 0 bridgehead atoms. The first-order valence-electron chi connectivity index (χ1n) is 10.4. The molecule has 1 N–H and O–H groups in total. The van der Waals surface area contributed by atoms with Crippen molar-refractivity contribution in [2.45, 2.75) is 32.2 Å². The third-order valence-corrected chi connectivity index (χ3v) is 5.66. The predicted octanol–water partition coefficient (Wildman–Crippen LogP) is 4.19. The summed E-state index contributed by atoms with van der Waals surface area (Å²) in [6, 6.07) is 10.3. The highest BCUT2D eigenvalue weighted by atomic mass is 19.1. The number of benzene rings is 2. The summed E-state index contributed by atoms with van der Waals surface area (Å²) in [6.45, 7) is 2.97. The van der Waals surface area contributed by atoms with E-state index in [0.717, 1.165) is 50.2 Å². The molecule has 30 heavy (non-hydrogen) atoms. The molecule has 0 aliphatic carbocycles. The Bertz CT molecular complexity index is 905. The zero-order chi connectivity index (χ0) is 20.9. The predicted molar refractivity (Wildman–Crippen MR) is 111 cm³/mol. The van der Waals surface area contributed by atoms with E-state index in [2.05, 4.69) is 10.2 Å². The zero-order valence-electron chi connectivity index (χ0n) is 17.2. The Kier molecular flexibility index (Phi) is 6.38. The molecule has 1 atom stereocenters. The van der Waals surface area contributed by atoms with Crippen LogP contribution in [-0.2, 0) is 11.3 Å². The number of amides is 1. The average molecular weight is 414 g/mol. The molecule has 1 fully saturated rings. The van der Waals surface area contributed by atoms with Crippen molar-refractivity contribution in [3.05, 3.63) is 47.8 Å². The molecule has 2 aromatic rings. The first-order valence-corrected chi connectivity index (χ1v) is 10.4. The van der Waals surface area contributed by atoms with Crippen molar-refractivity contribution < 1.29 is 23.4 Å². The molecule has 1 saturated heterocycles. The Labute approximate surface area is 175 Å². The van der Waals surface area contributed by atoms with E-state index >= 15 is 0 Å². The largest absolute Gasteiger partial charge is 0.493 e. The molecule has 2 aliphatic heterocycles. The van der Waals surface area contributed by atoms with Crippen LogP contribution in [0.4, 0.5) is 10.1 Å². The topological polar surface area (TPSA) is 60.0 Å². The van der Waals surface area contributed by atoms with E-state index in [-0.39, 0.29) is 18.4 Å². The van der Waals surface area contributed by atoms with Crippen molar-refractivity contribution in [3.8, 4) is 17.2 Å². The van der Waals surface area contributed by atoms with Gasteiger partial charge in [0.25, 0.3) is 0 Å². The fraction of sp³-hybridized carbons (Fsp3) is 0.435. The lowest BCUT2D eigenvalue weighted by Gasteiger charge is -2.32. The van der Waals surface area contributed by atoms with E-state index in [1.54, 1.807) is 25.3 Å². The van der Waals surface area contributed by atoms with Crippen LogP contribution in [-0.4, -0.2) is 37.8 Å². The van der Waals surface area contributed by atoms with Crippen molar-refractivity contribution in [1.29, 1.82) is 0 Å². The maximum absolute atomic E-state index is 13.7. The van der Waals surface area contributed by atoms with E-state index in [1.807, 2.05) is 12.1 Å². The quantitative estimate of drug-likeness (QED) is 0.736. The molecule has 0 saturated carbocycles. The number of likely N-dealkylation sites (tertiary alicyclic amines) is 1. The van der Waals surface area contributed by atoms with Crippen molar-refractivity contribution in [2.75, 3.05) is 32.3 Å². The lowest BCUT2D eigenvalue weighted by Crippen LogP contribution is -2.35. The van der Waals surface area contributed by atoms with E-state index in [9.17, 15) is 9.18 Å². The number of methoxy groups -OCH3 is 1. The number of nitrogens with one attached hydrogen (secondary N) is 1. The van der Waals surface area contributed by atoms with Crippen LogP contribution in [0.2, 0.25) is 0 Å². The maximum atomic E-state index is 13.7. The maximum Gasteiger partial charge on any atom is 0.231 e. The molecule has 4 rings (SSSR count). The monoisotopic (exact) mass is 414 g/mol. The summed E-state index contributed by atoms with van der Waals surface area (Å²) in [5.74, 6) is 1.98. The third-order valence-electron chi connectivity index (χ3n) is 5.66. The van der Waals surface area contributed by atoms with Crippen LogP contribution in [0.25, 0.3) is 0 Å². The molecular formula is C23H27FN2O4. The highest BCUT2D eigenvalue weighted by Gasteiger charge is 2.24. The van der Waals surface area contributed by atoms with Gasteiger partial charge in [0, 0.05) is 19.5 Å². The Morgan fingerprint density at radius 3 is 3.00 bits per heavy atom. The number of halogens is 1. The molecule has 7 heteroatoms. The minimum Gasteiger partial charge on any atom is -0.493 e. The van der Waals surface area contributed by atoms with Gasteiger partial charge < -0.3 is 19.5 Å². The van der Waals surface area contributed by atoms with Crippen molar-refractivity contribution in [1.82, 2.24) is 4.90 Å². The van der Waals surface area contributed by atoms with Crippen LogP contribution in [0, 0.1) is 11.7 Å². The smallest absolute Gasteiger partial charge is 0.231 e. The summed E-state index contributed by atoms with van der Waals surface area (Å²) in [7, 11) is 1.63. The van der Waals surface area contributed by atoms with E-state index in [1.165, 1.54) is 6.07 Å². The van der Waals surface area contributed by atoms with Crippen molar-refractivity contribution in [3.63, 3.8) is 0 Å². The fourth-order valence-electron chi connectivity index (χ4n) is 4.17. The van der Waals surface area contributed by atoms with Gasteiger partial charge in [0.1, 0.15) is 5.82 Å². The lowest BCUT2D eigenvalue weighted by atomic mass is 9.93. The normalized spacial score (nSPS) is 18.3. The molecule has 2 aliphatic rings. The van der Waals surface area contributed by atoms with Gasteiger partial charge in [0.15, 0.2) is 11.5 Å². The Morgan fingerprint density at radius 1 is 1.30 bits per heavy atom. The van der Waals surface area contributed by atoms with Gasteiger partial charge >= 0.3 is 0 Å². The second-order valence-electron chi connectivity index (χ2n) is 7.84. The summed E-state index contributed by atoms with van der Waals surface area (Å²) in [4.78, 5) is 14.6. The molecule has 2 heterocycles. The summed E-state index contributed by atoms with van der Waals surface area (Å²) >= 11 is 0. The molecule has 0 radical (unpaired) electrons. The van der Waals surface area contributed by atoms with Gasteiger partial charge in [-0.15, -0.1) is 0 Å². The number of hydrogen-bond donors (Lipinski definition) is 1. The van der Waals surface area contributed by atoms with Gasteiger partial charge in [-0.05, 0) is 61.6 Å². The molecule has 0 spiro atoms. The average Bonchev–Trinajstić information content (AvgIpc) is 3.22. The summed E-state index contributed by atoms with van der Waals surface area (Å²) in [6.07, 6.45) is 3.39. The molecule has 0 aromatic heterocycles. The van der Waals surface area contributed by atoms with Crippen LogP contribution in [0.3, 0.4) is 0 Å². The molecule has 2 aromatic carbocycles. The fourth-order valence-corrected chi connectivity index (χ4v) is 4.17. The molecular weight excluding hydrogens is 387 g/mol. The van der Waals surface area contributed by atoms with Gasteiger partial charge in [-0.25, -0.2) is 4.39 Å². The number of carbonyl (C=O) groups is 1. The number of para-hydroxylation sites is 1. The summed E-state index contributed by atoms with van der Waals surface area (Å²) in [5.41, 5.74) is 1.36. The highest BCUT2D eigenvalue weighted by Crippen LogP contribution is 2.42. The number of piperidine rings is 1. The number of rotatable bonds is 7. The number of fused-ring (bicyclic) bond motifs is 1. The zero-order valence-corrected chi connectivity index (χ0v) is 17.2. The first-order chi connectivity index (χ1) is 14.6. The van der Waals surface area contributed by atoms with Crippen LogP contribution in [0.15, 0.2) is 36.4 Å². The summed E-state index contributed by atoms with van der Waals surface area (Å²) < 4.78 is 30.1. The number of hydrogen-bond acceptors (Lipinski definition) is 5. The second kappa shape index (κ2) is 9.34. The van der Waals surface area contributed by atoms with Gasteiger partial charge in [-0.3, -0.25) is 9.69 Å². The SMILES string of the molecule is COc1cc(CN2CCCC(CCC(=O)Nc3ccccc3F)C2)cc2c1OCO2. The van der Waals surface area contributed by atoms with Crippen LogP contribution < -0.4 is 19.5 Å². The van der Waals surface area contributed by atoms with Gasteiger partial charge in [0.05, 0.1) is 12.8 Å². The van der Waals surface area contributed by atoms with Crippen molar-refractivity contribution >= 4 is 11.6 Å². The lowest BCUT2D eigenvalue weighted by molar-refractivity contribution is -0.116. The van der Waals surface area contributed by atoms with Crippen LogP contribution in [0.1, 0.15) is 31.2 Å². The number of nitrogens with zero attached hydrogens (tertiary/aromatic N) is 1. The van der Waals surface area contributed by atoms with Crippen LogP contribution in [0.5, 0.6) is 17.2 Å². The molecule has 6 nitrogen and oxygen atoms in total. The number of ether oxygens (including phenoxy) is 3. The third kappa shape index (κ3) is 4.84. The summed E-state index contributed by atoms with van der Waals surface area (Å²) in [5, 5.41) is 2.67. The first kappa shape index (κ1) is 20.5. The molecule has 1 amide bonds. The van der Waals surface area contributed by atoms with Crippen molar-refractivity contribution in [2.24, 2.45) is 5.92 Å². The minimum atomic E-state index is -0.408. The van der Waals surface area contributed by atoms with E-state index < -0.39 is 5.82 Å². The number of anilines is 1. The highest BCUT2D eigenvalue weighted by molar-refractivity contribution is 5.90. The molecule has 1 unspecified atom stereocenters. The van der Waals surface area contributed by atoms with Gasteiger partial charge in [-0.2, -0.15) is 0 Å². The standard InChI is InChI=1S/C23H27FN2O4/c1-28-20-11-17(12-21-23(20)30-15-29-21)14-26-10-4-5-16(13-26)8-9-22(27)25-19-7-3-2-6-18(19)24/h2-3,6-7,11-12,16H,4-5,8-10,13-15H2,1H3,(H,25,27). The van der Waals surface area contributed by atoms with E-state index in [4.69, 9.17) is 14.2 Å². The Balaban J connectivity index is 1.29. The Morgan fingerprint density at radius 2 is 2.17 bits per heavy atom. The van der Waals surface area contributed by atoms with Crippen LogP contribution >= 0.6 is 0 Å². The minimum absolute atomic E-state index is 0.141. The number of carbonyl (C=O) groups excluding carboxylic acids is 1. The van der Waals surface area contributed by atoms with Gasteiger partial charge in [0.2, 0.25) is 18.4 Å². The van der Waals surface area contributed by atoms with E-state index in [0.29, 0.717) is 23.8 Å². The molecule has 160 valence electrons. The Hall–Kier alpha value is -2.80. The second-order valence-corrected chi connectivity index (χ2v) is 7.84.